The quantitative estimate of drug-likeness (QED) is 0.638. The molecule has 1 aromatic heterocycles. The second-order valence-corrected chi connectivity index (χ2v) is 8.96. The van der Waals surface area contributed by atoms with Crippen LogP contribution in [0.4, 0.5) is 0 Å². The number of likely N-dealkylation sites (tertiary alicyclic amines) is 1. The van der Waals surface area contributed by atoms with Gasteiger partial charge >= 0.3 is 0 Å². The van der Waals surface area contributed by atoms with Gasteiger partial charge in [0, 0.05) is 18.9 Å². The van der Waals surface area contributed by atoms with Crippen molar-refractivity contribution in [1.29, 1.82) is 0 Å². The third-order valence-corrected chi connectivity index (χ3v) is 6.78. The monoisotopic (exact) mass is 413 g/mol. The Hall–Kier alpha value is -2.98. The average molecular weight is 414 g/mol. The molecule has 1 amide bonds. The van der Waals surface area contributed by atoms with Crippen molar-refractivity contribution in [3.63, 3.8) is 0 Å². The number of primary amides is 1. The summed E-state index contributed by atoms with van der Waals surface area (Å²) in [6, 6.07) is 19.1. The van der Waals surface area contributed by atoms with Crippen molar-refractivity contribution in [3.05, 3.63) is 89.2 Å². The van der Waals surface area contributed by atoms with E-state index in [0.717, 1.165) is 49.2 Å². The molecule has 0 atom stereocenters. The lowest BCUT2D eigenvalue weighted by molar-refractivity contribution is -0.130. The smallest absolute Gasteiger partial charge is 0.224 e. The standard InChI is InChI=1S/C27H31N3O/c1-20-8-9-23(15-21(20)2)19-30-13-10-27(11-14-30,26(28)31)17-22-5-3-6-24(16-22)25-7-4-12-29-18-25/h3-9,12,15-16,18H,10-11,13-14,17,19H2,1-2H3,(H2,28,31). The predicted molar refractivity (Wildman–Crippen MR) is 125 cm³/mol. The van der Waals surface area contributed by atoms with Gasteiger partial charge in [0.1, 0.15) is 0 Å². The van der Waals surface area contributed by atoms with Crippen molar-refractivity contribution in [2.75, 3.05) is 13.1 Å². The molecule has 2 heterocycles. The summed E-state index contributed by atoms with van der Waals surface area (Å²) in [5.41, 5.74) is 12.8. The Morgan fingerprint density at radius 2 is 1.74 bits per heavy atom. The van der Waals surface area contributed by atoms with Crippen molar-refractivity contribution >= 4 is 5.91 Å². The Bertz CT molecular complexity index is 1050. The van der Waals surface area contributed by atoms with Crippen molar-refractivity contribution in [2.45, 2.75) is 39.7 Å². The molecule has 1 saturated heterocycles. The number of hydrogen-bond donors (Lipinski definition) is 1. The van der Waals surface area contributed by atoms with Gasteiger partial charge in [-0.3, -0.25) is 14.7 Å². The van der Waals surface area contributed by atoms with Gasteiger partial charge in [-0.2, -0.15) is 0 Å². The van der Waals surface area contributed by atoms with Crippen LogP contribution < -0.4 is 5.73 Å². The van der Waals surface area contributed by atoms with E-state index in [1.165, 1.54) is 16.7 Å². The van der Waals surface area contributed by atoms with Gasteiger partial charge < -0.3 is 5.73 Å². The lowest BCUT2D eigenvalue weighted by atomic mass is 9.73. The molecular weight excluding hydrogens is 382 g/mol. The first-order chi connectivity index (χ1) is 14.9. The highest BCUT2D eigenvalue weighted by Gasteiger charge is 2.39. The van der Waals surface area contributed by atoms with Crippen LogP contribution in [-0.2, 0) is 17.8 Å². The molecule has 4 heteroatoms. The molecule has 160 valence electrons. The number of carbonyl (C=O) groups excluding carboxylic acids is 1. The van der Waals surface area contributed by atoms with Crippen LogP contribution in [0.25, 0.3) is 11.1 Å². The van der Waals surface area contributed by atoms with Crippen molar-refractivity contribution in [1.82, 2.24) is 9.88 Å². The zero-order valence-electron chi connectivity index (χ0n) is 18.5. The molecule has 0 bridgehead atoms. The maximum atomic E-state index is 12.6. The number of benzene rings is 2. The number of nitrogens with two attached hydrogens (primary N) is 1. The van der Waals surface area contributed by atoms with Gasteiger partial charge in [-0.15, -0.1) is 0 Å². The maximum absolute atomic E-state index is 12.6. The van der Waals surface area contributed by atoms with Gasteiger partial charge in [0.2, 0.25) is 5.91 Å². The molecule has 1 aliphatic rings. The number of aryl methyl sites for hydroxylation is 2. The van der Waals surface area contributed by atoms with E-state index in [9.17, 15) is 4.79 Å². The molecule has 4 nitrogen and oxygen atoms in total. The van der Waals surface area contributed by atoms with E-state index in [0.29, 0.717) is 6.42 Å². The second kappa shape index (κ2) is 9.03. The average Bonchev–Trinajstić information content (AvgIpc) is 2.78. The highest BCUT2D eigenvalue weighted by atomic mass is 16.1. The largest absolute Gasteiger partial charge is 0.369 e. The van der Waals surface area contributed by atoms with E-state index in [2.05, 4.69) is 72.3 Å². The molecule has 1 fully saturated rings. The van der Waals surface area contributed by atoms with Crippen LogP contribution in [0.15, 0.2) is 67.0 Å². The summed E-state index contributed by atoms with van der Waals surface area (Å²) in [4.78, 5) is 19.2. The molecule has 4 rings (SSSR count). The fourth-order valence-corrected chi connectivity index (χ4v) is 4.59. The highest BCUT2D eigenvalue weighted by molar-refractivity contribution is 5.81. The summed E-state index contributed by atoms with van der Waals surface area (Å²) in [6.07, 6.45) is 5.93. The Labute approximate surface area is 185 Å². The number of piperidine rings is 1. The molecule has 0 unspecified atom stereocenters. The molecule has 31 heavy (non-hydrogen) atoms. The van der Waals surface area contributed by atoms with Crippen LogP contribution in [0, 0.1) is 19.3 Å². The zero-order valence-corrected chi connectivity index (χ0v) is 18.5. The first kappa shape index (κ1) is 21.3. The SMILES string of the molecule is Cc1ccc(CN2CCC(Cc3cccc(-c4cccnc4)c3)(C(N)=O)CC2)cc1C. The molecule has 2 N–H and O–H groups in total. The predicted octanol–water partition coefficient (Wildman–Crippen LogP) is 4.68. The van der Waals surface area contributed by atoms with E-state index < -0.39 is 5.41 Å². The summed E-state index contributed by atoms with van der Waals surface area (Å²) in [5, 5.41) is 0. The normalized spacial score (nSPS) is 16.2. The van der Waals surface area contributed by atoms with Crippen molar-refractivity contribution < 1.29 is 4.79 Å². The fraction of sp³-hybridized carbons (Fsp3) is 0.333. The maximum Gasteiger partial charge on any atom is 0.224 e. The lowest BCUT2D eigenvalue weighted by Gasteiger charge is -2.40. The molecule has 2 aromatic carbocycles. The number of nitrogens with zero attached hydrogens (tertiary/aromatic N) is 2. The first-order valence-electron chi connectivity index (χ1n) is 11.0. The topological polar surface area (TPSA) is 59.2 Å². The summed E-state index contributed by atoms with van der Waals surface area (Å²) in [6.45, 7) is 7.00. The van der Waals surface area contributed by atoms with Crippen LogP contribution >= 0.6 is 0 Å². The second-order valence-electron chi connectivity index (χ2n) is 8.96. The third-order valence-electron chi connectivity index (χ3n) is 6.78. The number of carbonyl (C=O) groups is 1. The highest BCUT2D eigenvalue weighted by Crippen LogP contribution is 2.36. The van der Waals surface area contributed by atoms with E-state index in [4.69, 9.17) is 5.73 Å². The Kier molecular flexibility index (Phi) is 6.19. The van der Waals surface area contributed by atoms with Gasteiger partial charge in [-0.05, 0) is 85.6 Å². The molecule has 0 saturated carbocycles. The van der Waals surface area contributed by atoms with Crippen LogP contribution in [0.3, 0.4) is 0 Å². The summed E-state index contributed by atoms with van der Waals surface area (Å²) >= 11 is 0. The van der Waals surface area contributed by atoms with Crippen LogP contribution in [0.5, 0.6) is 0 Å². The van der Waals surface area contributed by atoms with E-state index >= 15 is 0 Å². The summed E-state index contributed by atoms with van der Waals surface area (Å²) in [5.74, 6) is -0.176. The number of aromatic nitrogens is 1. The van der Waals surface area contributed by atoms with Gasteiger partial charge in [0.05, 0.1) is 5.41 Å². The van der Waals surface area contributed by atoms with Gasteiger partial charge in [-0.1, -0.05) is 48.5 Å². The van der Waals surface area contributed by atoms with E-state index in [1.807, 2.05) is 12.3 Å². The fourth-order valence-electron chi connectivity index (χ4n) is 4.59. The minimum absolute atomic E-state index is 0.176. The third kappa shape index (κ3) is 4.86. The van der Waals surface area contributed by atoms with Gasteiger partial charge in [-0.25, -0.2) is 0 Å². The minimum Gasteiger partial charge on any atom is -0.369 e. The molecule has 3 aromatic rings. The van der Waals surface area contributed by atoms with Crippen LogP contribution in [-0.4, -0.2) is 28.9 Å². The number of amides is 1. The molecule has 0 radical (unpaired) electrons. The Balaban J connectivity index is 1.46. The summed E-state index contributed by atoms with van der Waals surface area (Å²) < 4.78 is 0. The molecule has 0 aliphatic carbocycles. The molecule has 1 aliphatic heterocycles. The number of rotatable bonds is 6. The molecule has 0 spiro atoms. The molecular formula is C27H31N3O. The van der Waals surface area contributed by atoms with Gasteiger partial charge in [0.25, 0.3) is 0 Å². The van der Waals surface area contributed by atoms with Crippen molar-refractivity contribution in [3.8, 4) is 11.1 Å². The first-order valence-corrected chi connectivity index (χ1v) is 11.0. The van der Waals surface area contributed by atoms with E-state index in [-0.39, 0.29) is 5.91 Å². The van der Waals surface area contributed by atoms with Gasteiger partial charge in [0.15, 0.2) is 0 Å². The van der Waals surface area contributed by atoms with E-state index in [1.54, 1.807) is 6.20 Å². The number of pyridine rings is 1. The Morgan fingerprint density at radius 1 is 0.968 bits per heavy atom. The Morgan fingerprint density at radius 3 is 2.42 bits per heavy atom. The zero-order chi connectivity index (χ0) is 21.8. The lowest BCUT2D eigenvalue weighted by Crippen LogP contribution is -2.48. The van der Waals surface area contributed by atoms with Crippen LogP contribution in [0.1, 0.15) is 35.1 Å². The minimum atomic E-state index is -0.479. The summed E-state index contributed by atoms with van der Waals surface area (Å²) in [7, 11) is 0. The van der Waals surface area contributed by atoms with Crippen molar-refractivity contribution in [2.24, 2.45) is 11.1 Å². The van der Waals surface area contributed by atoms with Crippen LogP contribution in [0.2, 0.25) is 0 Å². The number of hydrogen-bond acceptors (Lipinski definition) is 3.